The van der Waals surface area contributed by atoms with Crippen molar-refractivity contribution in [3.05, 3.63) is 29.8 Å². The molecular formula is C17H23FN4O. The summed E-state index contributed by atoms with van der Waals surface area (Å²) in [5, 5.41) is 3.00. The third-order valence-electron chi connectivity index (χ3n) is 4.88. The number of aryl methyl sites for hydroxylation is 1. The van der Waals surface area contributed by atoms with Gasteiger partial charge in [-0.25, -0.2) is 9.37 Å². The van der Waals surface area contributed by atoms with Gasteiger partial charge in [0.15, 0.2) is 0 Å². The fraction of sp³-hybridized carbons (Fsp3) is 0.529. The first kappa shape index (κ1) is 15.9. The molecule has 1 aromatic carbocycles. The molecule has 1 heterocycles. The van der Waals surface area contributed by atoms with Crippen LogP contribution in [0.3, 0.4) is 0 Å². The summed E-state index contributed by atoms with van der Waals surface area (Å²) in [5.74, 6) is 1.04. The van der Waals surface area contributed by atoms with Crippen molar-refractivity contribution < 1.29 is 9.18 Å². The lowest BCUT2D eigenvalue weighted by Crippen LogP contribution is -2.36. The van der Waals surface area contributed by atoms with Crippen LogP contribution >= 0.6 is 0 Å². The van der Waals surface area contributed by atoms with Gasteiger partial charge in [0.05, 0.1) is 11.0 Å². The van der Waals surface area contributed by atoms with Gasteiger partial charge in [-0.3, -0.25) is 4.79 Å². The van der Waals surface area contributed by atoms with E-state index < -0.39 is 0 Å². The van der Waals surface area contributed by atoms with Gasteiger partial charge in [0, 0.05) is 25.9 Å². The SMILES string of the molecule is Cn1c(CCNC(=O)[C@@H]2CCC[C@@H]2CN)nc2ccc(F)cc21. The minimum atomic E-state index is -0.269. The molecule has 6 heteroatoms. The normalized spacial score (nSPS) is 21.0. The van der Waals surface area contributed by atoms with Crippen LogP contribution in [-0.2, 0) is 18.3 Å². The number of nitrogens with zero attached hydrogens (tertiary/aromatic N) is 2. The van der Waals surface area contributed by atoms with Crippen LogP contribution in [0.25, 0.3) is 11.0 Å². The fourth-order valence-corrected chi connectivity index (χ4v) is 3.53. The molecule has 2 aromatic rings. The molecule has 1 aromatic heterocycles. The Morgan fingerprint density at radius 3 is 3.09 bits per heavy atom. The highest BCUT2D eigenvalue weighted by Gasteiger charge is 2.31. The fourth-order valence-electron chi connectivity index (χ4n) is 3.53. The summed E-state index contributed by atoms with van der Waals surface area (Å²) in [5.41, 5.74) is 7.27. The molecule has 124 valence electrons. The Hall–Kier alpha value is -1.95. The Bertz CT molecular complexity index is 712. The van der Waals surface area contributed by atoms with Crippen LogP contribution in [0.5, 0.6) is 0 Å². The maximum atomic E-state index is 13.3. The van der Waals surface area contributed by atoms with Crippen molar-refractivity contribution in [3.8, 4) is 0 Å². The van der Waals surface area contributed by atoms with Crippen molar-refractivity contribution in [2.24, 2.45) is 24.6 Å². The summed E-state index contributed by atoms with van der Waals surface area (Å²) in [6, 6.07) is 4.57. The molecule has 1 aliphatic carbocycles. The number of carbonyl (C=O) groups excluding carboxylic acids is 1. The minimum Gasteiger partial charge on any atom is -0.355 e. The van der Waals surface area contributed by atoms with Crippen molar-refractivity contribution in [1.82, 2.24) is 14.9 Å². The van der Waals surface area contributed by atoms with Crippen molar-refractivity contribution >= 4 is 16.9 Å². The number of nitrogens with two attached hydrogens (primary N) is 1. The second-order valence-electron chi connectivity index (χ2n) is 6.29. The molecule has 0 saturated heterocycles. The van der Waals surface area contributed by atoms with Crippen molar-refractivity contribution in [3.63, 3.8) is 0 Å². The van der Waals surface area contributed by atoms with Crippen molar-refractivity contribution in [1.29, 1.82) is 0 Å². The zero-order valence-electron chi connectivity index (χ0n) is 13.4. The molecule has 1 aliphatic rings. The van der Waals surface area contributed by atoms with E-state index in [9.17, 15) is 9.18 Å². The topological polar surface area (TPSA) is 72.9 Å². The highest BCUT2D eigenvalue weighted by molar-refractivity contribution is 5.79. The second-order valence-corrected chi connectivity index (χ2v) is 6.29. The number of hydrogen-bond donors (Lipinski definition) is 2. The quantitative estimate of drug-likeness (QED) is 0.882. The molecule has 1 fully saturated rings. The lowest BCUT2D eigenvalue weighted by Gasteiger charge is -2.17. The molecule has 2 atom stereocenters. The maximum Gasteiger partial charge on any atom is 0.223 e. The Labute approximate surface area is 135 Å². The molecule has 0 radical (unpaired) electrons. The number of halogens is 1. The molecule has 0 bridgehead atoms. The van der Waals surface area contributed by atoms with Crippen LogP contribution in [0.15, 0.2) is 18.2 Å². The molecule has 5 nitrogen and oxygen atoms in total. The van der Waals surface area contributed by atoms with Gasteiger partial charge in [-0.1, -0.05) is 6.42 Å². The van der Waals surface area contributed by atoms with Crippen molar-refractivity contribution in [2.75, 3.05) is 13.1 Å². The molecular weight excluding hydrogens is 295 g/mol. The van der Waals surface area contributed by atoms with Gasteiger partial charge in [-0.05, 0) is 43.5 Å². The highest BCUT2D eigenvalue weighted by Crippen LogP contribution is 2.30. The van der Waals surface area contributed by atoms with E-state index in [-0.39, 0.29) is 17.6 Å². The van der Waals surface area contributed by atoms with Gasteiger partial charge in [0.25, 0.3) is 0 Å². The number of hydrogen-bond acceptors (Lipinski definition) is 3. The Morgan fingerprint density at radius 1 is 1.48 bits per heavy atom. The molecule has 3 N–H and O–H groups in total. The molecule has 0 aliphatic heterocycles. The predicted octanol–water partition coefficient (Wildman–Crippen LogP) is 1.75. The van der Waals surface area contributed by atoms with Gasteiger partial charge < -0.3 is 15.6 Å². The lowest BCUT2D eigenvalue weighted by molar-refractivity contribution is -0.125. The van der Waals surface area contributed by atoms with E-state index in [4.69, 9.17) is 5.73 Å². The number of nitrogens with one attached hydrogen (secondary N) is 1. The van der Waals surface area contributed by atoms with E-state index in [0.29, 0.717) is 25.4 Å². The smallest absolute Gasteiger partial charge is 0.223 e. The van der Waals surface area contributed by atoms with E-state index in [0.717, 1.165) is 36.1 Å². The molecule has 0 spiro atoms. The molecule has 1 amide bonds. The number of amides is 1. The van der Waals surface area contributed by atoms with Crippen LogP contribution < -0.4 is 11.1 Å². The number of benzene rings is 1. The van der Waals surface area contributed by atoms with Gasteiger partial charge >= 0.3 is 0 Å². The van der Waals surface area contributed by atoms with Crippen LogP contribution in [-0.4, -0.2) is 28.5 Å². The maximum absolute atomic E-state index is 13.3. The van der Waals surface area contributed by atoms with Gasteiger partial charge in [0.1, 0.15) is 11.6 Å². The zero-order chi connectivity index (χ0) is 16.4. The van der Waals surface area contributed by atoms with Gasteiger partial charge in [-0.2, -0.15) is 0 Å². The minimum absolute atomic E-state index is 0.0505. The standard InChI is InChI=1S/C17H23FN4O/c1-22-15-9-12(18)5-6-14(15)21-16(22)7-8-20-17(23)13-4-2-3-11(13)10-19/h5-6,9,11,13H,2-4,7-8,10,19H2,1H3,(H,20,23)/t11-,13-/m1/s1. The number of rotatable bonds is 5. The van der Waals surface area contributed by atoms with Gasteiger partial charge in [0.2, 0.25) is 5.91 Å². The molecule has 1 saturated carbocycles. The first-order valence-electron chi connectivity index (χ1n) is 8.18. The summed E-state index contributed by atoms with van der Waals surface area (Å²) in [6.07, 6.45) is 3.68. The number of imidazole rings is 1. The molecule has 23 heavy (non-hydrogen) atoms. The lowest BCUT2D eigenvalue weighted by atomic mass is 9.95. The predicted molar refractivity (Wildman–Crippen MR) is 87.3 cm³/mol. The first-order chi connectivity index (χ1) is 11.1. The van der Waals surface area contributed by atoms with E-state index in [1.807, 2.05) is 11.6 Å². The van der Waals surface area contributed by atoms with E-state index in [1.54, 1.807) is 6.07 Å². The average molecular weight is 318 g/mol. The number of carbonyl (C=O) groups is 1. The van der Waals surface area contributed by atoms with Gasteiger partial charge in [-0.15, -0.1) is 0 Å². The first-order valence-corrected chi connectivity index (χ1v) is 8.18. The Balaban J connectivity index is 1.60. The molecule has 0 unspecified atom stereocenters. The third kappa shape index (κ3) is 3.22. The average Bonchev–Trinajstić information content (AvgIpc) is 3.13. The number of aromatic nitrogens is 2. The van der Waals surface area contributed by atoms with Crippen molar-refractivity contribution in [2.45, 2.75) is 25.7 Å². The van der Waals surface area contributed by atoms with Crippen LogP contribution in [0.4, 0.5) is 4.39 Å². The summed E-state index contributed by atoms with van der Waals surface area (Å²) >= 11 is 0. The largest absolute Gasteiger partial charge is 0.355 e. The van der Waals surface area contributed by atoms with E-state index >= 15 is 0 Å². The monoisotopic (exact) mass is 318 g/mol. The summed E-state index contributed by atoms with van der Waals surface area (Å²) in [6.45, 7) is 1.11. The summed E-state index contributed by atoms with van der Waals surface area (Å²) in [7, 11) is 1.87. The summed E-state index contributed by atoms with van der Waals surface area (Å²) < 4.78 is 15.2. The second kappa shape index (κ2) is 6.66. The van der Waals surface area contributed by atoms with Crippen LogP contribution in [0.2, 0.25) is 0 Å². The van der Waals surface area contributed by atoms with E-state index in [1.165, 1.54) is 12.1 Å². The molecule has 3 rings (SSSR count). The van der Waals surface area contributed by atoms with Crippen LogP contribution in [0.1, 0.15) is 25.1 Å². The Kier molecular flexibility index (Phi) is 4.61. The Morgan fingerprint density at radius 2 is 2.30 bits per heavy atom. The third-order valence-corrected chi connectivity index (χ3v) is 4.88. The summed E-state index contributed by atoms with van der Waals surface area (Å²) in [4.78, 5) is 16.8. The zero-order valence-corrected chi connectivity index (χ0v) is 13.4. The number of fused-ring (bicyclic) bond motifs is 1. The van der Waals surface area contributed by atoms with E-state index in [2.05, 4.69) is 10.3 Å². The highest BCUT2D eigenvalue weighted by atomic mass is 19.1. The van der Waals surface area contributed by atoms with Crippen LogP contribution in [0, 0.1) is 17.7 Å².